The predicted octanol–water partition coefficient (Wildman–Crippen LogP) is 6.07. The Morgan fingerprint density at radius 2 is 1.57 bits per heavy atom. The molecule has 1 saturated heterocycles. The molecule has 0 saturated carbocycles. The number of alkyl halides is 9. The van der Waals surface area contributed by atoms with Crippen molar-refractivity contribution < 1.29 is 59.2 Å². The zero-order chi connectivity index (χ0) is 33.6. The van der Waals surface area contributed by atoms with E-state index in [0.717, 1.165) is 24.1 Å². The van der Waals surface area contributed by atoms with E-state index in [0.29, 0.717) is 12.1 Å². The fourth-order valence-corrected chi connectivity index (χ4v) is 4.58. The van der Waals surface area contributed by atoms with Crippen LogP contribution >= 0.6 is 0 Å². The lowest BCUT2D eigenvalue weighted by molar-refractivity contribution is -0.274. The van der Waals surface area contributed by atoms with E-state index in [1.165, 1.54) is 23.9 Å². The Hall–Kier alpha value is -3.28. The van der Waals surface area contributed by atoms with Gasteiger partial charge in [0.1, 0.15) is 17.7 Å². The maximum absolute atomic E-state index is 13.5. The minimum atomic E-state index is -5.16. The molecule has 0 spiro atoms. The quantitative estimate of drug-likeness (QED) is 0.251. The largest absolute Gasteiger partial charge is 0.573 e. The van der Waals surface area contributed by atoms with E-state index in [1.807, 2.05) is 0 Å². The van der Waals surface area contributed by atoms with E-state index < -0.39 is 66.1 Å². The van der Waals surface area contributed by atoms with Crippen molar-refractivity contribution >= 4 is 5.82 Å². The van der Waals surface area contributed by atoms with Gasteiger partial charge in [0, 0.05) is 24.7 Å². The molecule has 1 aliphatic heterocycles. The first-order valence-electron chi connectivity index (χ1n) is 12.9. The molecule has 17 heteroatoms. The number of pyridine rings is 1. The lowest BCUT2D eigenvalue weighted by atomic mass is 9.99. The van der Waals surface area contributed by atoms with Crippen LogP contribution in [-0.2, 0) is 23.6 Å². The van der Waals surface area contributed by atoms with Gasteiger partial charge < -0.3 is 29.5 Å². The van der Waals surface area contributed by atoms with Crippen molar-refractivity contribution in [3.8, 4) is 5.75 Å². The molecule has 2 aromatic rings. The van der Waals surface area contributed by atoms with Crippen LogP contribution in [-0.4, -0.2) is 64.3 Å². The zero-order valence-corrected chi connectivity index (χ0v) is 24.1. The highest BCUT2D eigenvalue weighted by Crippen LogP contribution is 2.46. The molecule has 0 bridgehead atoms. The third-order valence-electron chi connectivity index (χ3n) is 6.46. The molecule has 1 fully saturated rings. The molecular weight excluding hydrogens is 615 g/mol. The van der Waals surface area contributed by atoms with Crippen molar-refractivity contribution in [2.75, 3.05) is 25.5 Å². The molecule has 0 amide bonds. The van der Waals surface area contributed by atoms with Crippen LogP contribution in [0, 0.1) is 5.92 Å². The highest BCUT2D eigenvalue weighted by Gasteiger charge is 2.47. The first kappa shape index (κ1) is 35.2. The molecule has 1 unspecified atom stereocenters. The van der Waals surface area contributed by atoms with Gasteiger partial charge in [0.25, 0.3) is 0 Å². The van der Waals surface area contributed by atoms with E-state index >= 15 is 0 Å². The van der Waals surface area contributed by atoms with E-state index in [4.69, 9.17) is 4.74 Å². The number of benzene rings is 1. The van der Waals surface area contributed by atoms with Gasteiger partial charge in [-0.3, -0.25) is 4.90 Å². The topological polar surface area (TPSA) is 81.5 Å². The Labute approximate surface area is 246 Å². The van der Waals surface area contributed by atoms with Gasteiger partial charge in [0.2, 0.25) is 5.91 Å². The number of aliphatic hydroxyl groups is 2. The Kier molecular flexibility index (Phi) is 9.80. The van der Waals surface area contributed by atoms with Crippen molar-refractivity contribution in [3.05, 3.63) is 65.0 Å². The van der Waals surface area contributed by atoms with Gasteiger partial charge in [-0.05, 0) is 49.8 Å². The van der Waals surface area contributed by atoms with Crippen molar-refractivity contribution in [1.29, 1.82) is 0 Å². The third-order valence-corrected chi connectivity index (χ3v) is 6.46. The summed E-state index contributed by atoms with van der Waals surface area (Å²) in [5.74, 6) is -3.35. The van der Waals surface area contributed by atoms with Crippen LogP contribution in [0.1, 0.15) is 49.1 Å². The van der Waals surface area contributed by atoms with Crippen LogP contribution in [0.15, 0.2) is 42.7 Å². The van der Waals surface area contributed by atoms with Crippen molar-refractivity contribution in [2.24, 2.45) is 5.92 Å². The standard InChI is InChI=1S/C27H31F9N4O4/c1-14(2)12-39(23(41)38(5)6)22-17(9-20(11-37-22)43-27(34,35)36)13-40-15(3)21(44-24(40,4)42)16-7-18(25(28,29)30)10-19(8-16)26(31,32)33/h7-11,14,21,23,41-42H,3,12-13H2,1-2,4-6H3/t21?,23-,24-/m0/s1. The molecular formula is C27H31F9N4O4. The Morgan fingerprint density at radius 3 is 2.02 bits per heavy atom. The number of halogens is 9. The van der Waals surface area contributed by atoms with Gasteiger partial charge in [-0.1, -0.05) is 20.4 Å². The summed E-state index contributed by atoms with van der Waals surface area (Å²) in [5.41, 5.74) is -4.26. The van der Waals surface area contributed by atoms with Crippen LogP contribution in [0.5, 0.6) is 5.75 Å². The second kappa shape index (κ2) is 12.3. The predicted molar refractivity (Wildman–Crippen MR) is 138 cm³/mol. The molecule has 0 aliphatic carbocycles. The summed E-state index contributed by atoms with van der Waals surface area (Å²) in [6.07, 6.45) is -17.7. The van der Waals surface area contributed by atoms with Crippen molar-refractivity contribution in [3.63, 3.8) is 0 Å². The van der Waals surface area contributed by atoms with Crippen LogP contribution in [0.2, 0.25) is 0 Å². The lowest BCUT2D eigenvalue weighted by Gasteiger charge is -2.37. The van der Waals surface area contributed by atoms with Crippen LogP contribution in [0.3, 0.4) is 0 Å². The zero-order valence-electron chi connectivity index (χ0n) is 24.1. The number of aliphatic hydroxyl groups excluding tert-OH is 1. The van der Waals surface area contributed by atoms with Crippen LogP contribution in [0.4, 0.5) is 45.3 Å². The molecule has 3 atom stereocenters. The van der Waals surface area contributed by atoms with Gasteiger partial charge in [-0.25, -0.2) is 4.98 Å². The summed E-state index contributed by atoms with van der Waals surface area (Å²) in [4.78, 5) is 7.75. The van der Waals surface area contributed by atoms with Crippen molar-refractivity contribution in [1.82, 2.24) is 14.8 Å². The molecule has 1 aromatic carbocycles. The molecule has 3 rings (SSSR count). The average Bonchev–Trinajstić information content (AvgIpc) is 3.08. The second-order valence-electron chi connectivity index (χ2n) is 10.9. The average molecular weight is 647 g/mol. The Bertz CT molecular complexity index is 1310. The minimum Gasteiger partial charge on any atom is -0.404 e. The molecule has 2 N–H and O–H groups in total. The van der Waals surface area contributed by atoms with E-state index in [9.17, 15) is 49.7 Å². The fourth-order valence-electron chi connectivity index (χ4n) is 4.58. The summed E-state index contributed by atoms with van der Waals surface area (Å²) in [5, 5.41) is 22.0. The Balaban J connectivity index is 2.13. The first-order valence-corrected chi connectivity index (χ1v) is 12.9. The number of ether oxygens (including phenoxy) is 2. The summed E-state index contributed by atoms with van der Waals surface area (Å²) >= 11 is 0. The lowest BCUT2D eigenvalue weighted by Crippen LogP contribution is -2.48. The molecule has 8 nitrogen and oxygen atoms in total. The number of hydrogen-bond donors (Lipinski definition) is 2. The van der Waals surface area contributed by atoms with Gasteiger partial charge in [0.05, 0.1) is 23.9 Å². The molecule has 1 aliphatic rings. The van der Waals surface area contributed by atoms with Crippen LogP contribution < -0.4 is 9.64 Å². The van der Waals surface area contributed by atoms with E-state index in [2.05, 4.69) is 16.3 Å². The maximum Gasteiger partial charge on any atom is 0.573 e. The molecule has 0 radical (unpaired) electrons. The second-order valence-corrected chi connectivity index (χ2v) is 10.9. The monoisotopic (exact) mass is 646 g/mol. The Morgan fingerprint density at radius 1 is 1.02 bits per heavy atom. The molecule has 246 valence electrons. The fraction of sp³-hybridized carbons (Fsp3) is 0.519. The number of aromatic nitrogens is 1. The number of nitrogens with zero attached hydrogens (tertiary/aromatic N) is 4. The summed E-state index contributed by atoms with van der Waals surface area (Å²) in [6, 6.07) is 1.70. The highest BCUT2D eigenvalue weighted by molar-refractivity contribution is 5.50. The van der Waals surface area contributed by atoms with Crippen LogP contribution in [0.25, 0.3) is 0 Å². The first-order chi connectivity index (χ1) is 19.9. The number of hydrogen-bond acceptors (Lipinski definition) is 8. The number of rotatable bonds is 9. The molecule has 2 heterocycles. The third kappa shape index (κ3) is 8.25. The molecule has 44 heavy (non-hydrogen) atoms. The summed E-state index contributed by atoms with van der Waals surface area (Å²) < 4.78 is 130. The SMILES string of the molecule is C=C1C(c2cc(C(F)(F)F)cc(C(F)(F)F)c2)O[C@](C)(O)N1Cc1cc(OC(F)(F)F)cnc1N(CC(C)C)[C@@H](O)N(C)C. The van der Waals surface area contributed by atoms with E-state index in [1.54, 1.807) is 13.8 Å². The van der Waals surface area contributed by atoms with Gasteiger partial charge in [0.15, 0.2) is 6.35 Å². The van der Waals surface area contributed by atoms with Gasteiger partial charge in [-0.2, -0.15) is 26.3 Å². The maximum atomic E-state index is 13.5. The molecule has 1 aromatic heterocycles. The van der Waals surface area contributed by atoms with E-state index in [-0.39, 0.29) is 35.6 Å². The minimum absolute atomic E-state index is 0.0556. The number of anilines is 1. The van der Waals surface area contributed by atoms with Gasteiger partial charge in [-0.15, -0.1) is 13.2 Å². The van der Waals surface area contributed by atoms with Crippen molar-refractivity contribution in [2.45, 2.75) is 64.4 Å². The highest BCUT2D eigenvalue weighted by atomic mass is 19.4. The summed E-state index contributed by atoms with van der Waals surface area (Å²) in [6.45, 7) is 7.90. The normalized spacial score (nSPS) is 20.5. The van der Waals surface area contributed by atoms with Gasteiger partial charge >= 0.3 is 18.7 Å². The summed E-state index contributed by atoms with van der Waals surface area (Å²) in [7, 11) is 3.04. The smallest absolute Gasteiger partial charge is 0.404 e.